The van der Waals surface area contributed by atoms with Crippen LogP contribution in [0.15, 0.2) is 30.3 Å². The summed E-state index contributed by atoms with van der Waals surface area (Å²) in [6.45, 7) is 0. The summed E-state index contributed by atoms with van der Waals surface area (Å²) >= 11 is 0. The van der Waals surface area contributed by atoms with Crippen molar-refractivity contribution in [1.82, 2.24) is 0 Å². The molecule has 86 valence electrons. The fourth-order valence-corrected chi connectivity index (χ4v) is 2.11. The maximum atomic E-state index is 13.8. The first-order chi connectivity index (χ1) is 7.48. The van der Waals surface area contributed by atoms with Gasteiger partial charge in [0.2, 0.25) is 0 Å². The van der Waals surface area contributed by atoms with Crippen molar-refractivity contribution in [2.75, 3.05) is 0 Å². The Labute approximate surface area is 91.9 Å². The van der Waals surface area contributed by atoms with Gasteiger partial charge in [0.05, 0.1) is 5.41 Å². The van der Waals surface area contributed by atoms with Crippen molar-refractivity contribution in [1.29, 1.82) is 0 Å². The zero-order valence-electron chi connectivity index (χ0n) is 8.62. The molecule has 1 aliphatic carbocycles. The highest BCUT2D eigenvalue weighted by molar-refractivity contribution is 5.68. The molecule has 0 spiro atoms. The molecule has 1 fully saturated rings. The quantitative estimate of drug-likeness (QED) is 0.857. The van der Waals surface area contributed by atoms with Crippen molar-refractivity contribution < 1.29 is 18.7 Å². The number of hydrogen-bond donors (Lipinski definition) is 1. The topological polar surface area (TPSA) is 37.3 Å². The highest BCUT2D eigenvalue weighted by atomic mass is 19.3. The largest absolute Gasteiger partial charge is 0.481 e. The summed E-state index contributed by atoms with van der Waals surface area (Å²) in [7, 11) is 0. The average Bonchev–Trinajstić information content (AvgIpc) is 2.98. The first kappa shape index (κ1) is 11.0. The molecule has 2 rings (SSSR count). The van der Waals surface area contributed by atoms with Crippen molar-refractivity contribution in [2.45, 2.75) is 30.6 Å². The van der Waals surface area contributed by atoms with E-state index in [0.29, 0.717) is 18.4 Å². The first-order valence-corrected chi connectivity index (χ1v) is 5.13. The Bertz CT molecular complexity index is 397. The van der Waals surface area contributed by atoms with E-state index in [2.05, 4.69) is 0 Å². The molecule has 1 aliphatic rings. The van der Waals surface area contributed by atoms with Crippen LogP contribution in [-0.2, 0) is 10.2 Å². The molecule has 0 unspecified atom stereocenters. The number of benzene rings is 1. The lowest BCUT2D eigenvalue weighted by atomic mass is 9.87. The molecule has 1 N–H and O–H groups in total. The standard InChI is InChI=1S/C12H12F2O2/c13-12(14,8-10(15)16)11(6-7-11)9-4-2-1-3-5-9/h1-5H,6-8H2,(H,15,16). The Hall–Kier alpha value is -1.45. The molecule has 2 nitrogen and oxygen atoms in total. The molecule has 0 aromatic heterocycles. The molecule has 16 heavy (non-hydrogen) atoms. The number of alkyl halides is 2. The number of hydrogen-bond acceptors (Lipinski definition) is 1. The molecule has 0 radical (unpaired) electrons. The van der Waals surface area contributed by atoms with Gasteiger partial charge in [0.1, 0.15) is 6.42 Å². The van der Waals surface area contributed by atoms with E-state index in [1.807, 2.05) is 0 Å². The van der Waals surface area contributed by atoms with Gasteiger partial charge in [-0.3, -0.25) is 4.79 Å². The summed E-state index contributed by atoms with van der Waals surface area (Å²) in [5.41, 5.74) is -0.701. The molecule has 1 aromatic rings. The van der Waals surface area contributed by atoms with Crippen LogP contribution in [0.4, 0.5) is 8.78 Å². The second-order valence-corrected chi connectivity index (χ2v) is 4.22. The van der Waals surface area contributed by atoms with Crippen molar-refractivity contribution in [3.63, 3.8) is 0 Å². The van der Waals surface area contributed by atoms with Crippen LogP contribution in [0.25, 0.3) is 0 Å². The Kier molecular flexibility index (Phi) is 2.45. The summed E-state index contributed by atoms with van der Waals surface area (Å²) in [4.78, 5) is 10.4. The normalized spacial score (nSPS) is 18.1. The van der Waals surface area contributed by atoms with Crippen LogP contribution in [-0.4, -0.2) is 17.0 Å². The second kappa shape index (κ2) is 3.54. The zero-order chi connectivity index (χ0) is 11.8. The van der Waals surface area contributed by atoms with Crippen molar-refractivity contribution in [3.05, 3.63) is 35.9 Å². The molecule has 4 heteroatoms. The molecule has 0 saturated heterocycles. The van der Waals surface area contributed by atoms with Gasteiger partial charge < -0.3 is 5.11 Å². The van der Waals surface area contributed by atoms with Crippen LogP contribution < -0.4 is 0 Å². The van der Waals surface area contributed by atoms with E-state index < -0.39 is 23.7 Å². The monoisotopic (exact) mass is 226 g/mol. The van der Waals surface area contributed by atoms with Gasteiger partial charge in [-0.15, -0.1) is 0 Å². The molecule has 0 bridgehead atoms. The summed E-state index contributed by atoms with van der Waals surface area (Å²) in [5.74, 6) is -4.62. The predicted octanol–water partition coefficient (Wildman–Crippen LogP) is 2.83. The summed E-state index contributed by atoms with van der Waals surface area (Å²) in [6.07, 6.45) is -0.378. The molecule has 0 aliphatic heterocycles. The van der Waals surface area contributed by atoms with Gasteiger partial charge in [-0.05, 0) is 18.4 Å². The van der Waals surface area contributed by atoms with Crippen LogP contribution in [0, 0.1) is 0 Å². The van der Waals surface area contributed by atoms with E-state index in [4.69, 9.17) is 5.11 Å². The minimum Gasteiger partial charge on any atom is -0.481 e. The molecule has 0 amide bonds. The third kappa shape index (κ3) is 1.68. The van der Waals surface area contributed by atoms with Gasteiger partial charge in [-0.1, -0.05) is 30.3 Å². The van der Waals surface area contributed by atoms with Crippen molar-refractivity contribution >= 4 is 5.97 Å². The number of carboxylic acids is 1. The minimum absolute atomic E-state index is 0.358. The van der Waals surface area contributed by atoms with Gasteiger partial charge in [0, 0.05) is 0 Å². The maximum Gasteiger partial charge on any atom is 0.309 e. The Morgan fingerprint density at radius 2 is 1.88 bits per heavy atom. The van der Waals surface area contributed by atoms with Crippen LogP contribution >= 0.6 is 0 Å². The number of halogens is 2. The fraction of sp³-hybridized carbons (Fsp3) is 0.417. The molecule has 1 aromatic carbocycles. The van der Waals surface area contributed by atoms with Gasteiger partial charge in [0.15, 0.2) is 0 Å². The van der Waals surface area contributed by atoms with E-state index in [1.165, 1.54) is 0 Å². The maximum absolute atomic E-state index is 13.8. The highest BCUT2D eigenvalue weighted by Crippen LogP contribution is 2.59. The van der Waals surface area contributed by atoms with Crippen LogP contribution in [0.1, 0.15) is 24.8 Å². The lowest BCUT2D eigenvalue weighted by Gasteiger charge is -2.25. The Morgan fingerprint density at radius 3 is 2.31 bits per heavy atom. The van der Waals surface area contributed by atoms with Crippen molar-refractivity contribution in [2.24, 2.45) is 0 Å². The van der Waals surface area contributed by atoms with E-state index in [9.17, 15) is 13.6 Å². The smallest absolute Gasteiger partial charge is 0.309 e. The number of carbonyl (C=O) groups is 1. The van der Waals surface area contributed by atoms with Gasteiger partial charge in [0.25, 0.3) is 5.92 Å². The summed E-state index contributed by atoms with van der Waals surface area (Å²) in [5, 5.41) is 8.51. The average molecular weight is 226 g/mol. The molecular formula is C12H12F2O2. The van der Waals surface area contributed by atoms with Crippen molar-refractivity contribution in [3.8, 4) is 0 Å². The van der Waals surface area contributed by atoms with Crippen LogP contribution in [0.3, 0.4) is 0 Å². The zero-order valence-corrected chi connectivity index (χ0v) is 8.62. The van der Waals surface area contributed by atoms with E-state index >= 15 is 0 Å². The first-order valence-electron chi connectivity index (χ1n) is 5.13. The molecule has 0 heterocycles. The van der Waals surface area contributed by atoms with E-state index in [1.54, 1.807) is 30.3 Å². The van der Waals surface area contributed by atoms with E-state index in [-0.39, 0.29) is 0 Å². The van der Waals surface area contributed by atoms with E-state index in [0.717, 1.165) is 0 Å². The third-order valence-corrected chi connectivity index (χ3v) is 3.15. The molecule has 0 atom stereocenters. The summed E-state index contributed by atoms with van der Waals surface area (Å²) < 4.78 is 27.6. The van der Waals surface area contributed by atoms with Gasteiger partial charge >= 0.3 is 5.97 Å². The van der Waals surface area contributed by atoms with Crippen LogP contribution in [0.2, 0.25) is 0 Å². The molecular weight excluding hydrogens is 214 g/mol. The van der Waals surface area contributed by atoms with Crippen LogP contribution in [0.5, 0.6) is 0 Å². The highest BCUT2D eigenvalue weighted by Gasteiger charge is 2.63. The number of rotatable bonds is 4. The SMILES string of the molecule is O=C(O)CC(F)(F)C1(c2ccccc2)CC1. The fourth-order valence-electron chi connectivity index (χ4n) is 2.11. The predicted molar refractivity (Wildman–Crippen MR) is 54.6 cm³/mol. The second-order valence-electron chi connectivity index (χ2n) is 4.22. The summed E-state index contributed by atoms with van der Waals surface area (Å²) in [6, 6.07) is 8.44. The lowest BCUT2D eigenvalue weighted by Crippen LogP contribution is -2.35. The Balaban J connectivity index is 2.29. The lowest BCUT2D eigenvalue weighted by molar-refractivity contribution is -0.147. The number of aliphatic carboxylic acids is 1. The van der Waals surface area contributed by atoms with Gasteiger partial charge in [-0.25, -0.2) is 8.78 Å². The number of carboxylic acid groups (broad SMARTS) is 1. The van der Waals surface area contributed by atoms with Gasteiger partial charge in [-0.2, -0.15) is 0 Å². The minimum atomic E-state index is -3.17. The molecule has 1 saturated carbocycles. The third-order valence-electron chi connectivity index (χ3n) is 3.15. The Morgan fingerprint density at radius 1 is 1.31 bits per heavy atom.